The maximum atomic E-state index is 11.9. The average Bonchev–Trinajstić information content (AvgIpc) is 2.36. The first-order valence-corrected chi connectivity index (χ1v) is 5.70. The van der Waals surface area contributed by atoms with Crippen LogP contribution in [0.1, 0.15) is 5.56 Å². The third-order valence-electron chi connectivity index (χ3n) is 2.42. The van der Waals surface area contributed by atoms with Gasteiger partial charge in [0.15, 0.2) is 0 Å². The fourth-order valence-electron chi connectivity index (χ4n) is 1.34. The lowest BCUT2D eigenvalue weighted by Crippen LogP contribution is -2.33. The summed E-state index contributed by atoms with van der Waals surface area (Å²) in [6.45, 7) is 0. The van der Waals surface area contributed by atoms with Gasteiger partial charge in [0, 0.05) is 33.4 Å². The first-order valence-electron chi connectivity index (χ1n) is 5.70. The zero-order chi connectivity index (χ0) is 13.5. The molecular formula is C14H18N2O2. The zero-order valence-corrected chi connectivity index (χ0v) is 11.0. The van der Waals surface area contributed by atoms with Crippen molar-refractivity contribution in [2.24, 2.45) is 0 Å². The van der Waals surface area contributed by atoms with Crippen LogP contribution in [-0.4, -0.2) is 42.8 Å². The van der Waals surface area contributed by atoms with E-state index in [1.807, 2.05) is 44.4 Å². The quantitative estimate of drug-likeness (QED) is 0.752. The monoisotopic (exact) mass is 246 g/mol. The summed E-state index contributed by atoms with van der Waals surface area (Å²) in [7, 11) is 5.12. The number of benzene rings is 1. The van der Waals surface area contributed by atoms with Crippen molar-refractivity contribution in [1.29, 1.82) is 0 Å². The molecule has 1 aromatic carbocycles. The van der Waals surface area contributed by atoms with Gasteiger partial charge in [-0.2, -0.15) is 0 Å². The number of imide groups is 1. The summed E-state index contributed by atoms with van der Waals surface area (Å²) in [4.78, 5) is 26.4. The first-order chi connectivity index (χ1) is 8.50. The molecule has 0 fully saturated rings. The van der Waals surface area contributed by atoms with Crippen molar-refractivity contribution in [1.82, 2.24) is 9.80 Å². The second-order valence-electron chi connectivity index (χ2n) is 4.23. The summed E-state index contributed by atoms with van der Waals surface area (Å²) in [5, 5.41) is 0. The van der Waals surface area contributed by atoms with E-state index in [1.165, 1.54) is 13.1 Å². The van der Waals surface area contributed by atoms with Gasteiger partial charge < -0.3 is 4.90 Å². The van der Waals surface area contributed by atoms with Crippen LogP contribution in [-0.2, 0) is 16.0 Å². The maximum Gasteiger partial charge on any atom is 0.254 e. The highest BCUT2D eigenvalue weighted by atomic mass is 16.2. The van der Waals surface area contributed by atoms with Gasteiger partial charge in [-0.1, -0.05) is 30.3 Å². The van der Waals surface area contributed by atoms with Crippen LogP contribution >= 0.6 is 0 Å². The van der Waals surface area contributed by atoms with E-state index in [4.69, 9.17) is 0 Å². The summed E-state index contributed by atoms with van der Waals surface area (Å²) in [6, 6.07) is 9.37. The molecule has 0 N–H and O–H groups in total. The van der Waals surface area contributed by atoms with Crippen LogP contribution in [0, 0.1) is 0 Å². The van der Waals surface area contributed by atoms with E-state index in [0.29, 0.717) is 0 Å². The van der Waals surface area contributed by atoms with Gasteiger partial charge >= 0.3 is 0 Å². The van der Waals surface area contributed by atoms with Crippen LogP contribution < -0.4 is 0 Å². The molecule has 4 heteroatoms. The van der Waals surface area contributed by atoms with Gasteiger partial charge in [-0.25, -0.2) is 0 Å². The molecule has 0 spiro atoms. The highest BCUT2D eigenvalue weighted by Gasteiger charge is 2.14. The van der Waals surface area contributed by atoms with Gasteiger partial charge in [0.2, 0.25) is 5.91 Å². The molecule has 0 unspecified atom stereocenters. The van der Waals surface area contributed by atoms with Crippen LogP contribution in [0.2, 0.25) is 0 Å². The van der Waals surface area contributed by atoms with Gasteiger partial charge in [0.05, 0.1) is 6.42 Å². The highest BCUT2D eigenvalue weighted by Crippen LogP contribution is 2.02. The van der Waals surface area contributed by atoms with Crippen molar-refractivity contribution in [2.45, 2.75) is 6.42 Å². The number of nitrogens with zero attached hydrogens (tertiary/aromatic N) is 2. The van der Waals surface area contributed by atoms with E-state index in [1.54, 1.807) is 11.1 Å². The molecule has 0 atom stereocenters. The predicted molar refractivity (Wildman–Crippen MR) is 70.8 cm³/mol. The fraction of sp³-hybridized carbons (Fsp3) is 0.286. The molecule has 0 aliphatic rings. The molecule has 18 heavy (non-hydrogen) atoms. The Labute approximate surface area is 108 Å². The van der Waals surface area contributed by atoms with Gasteiger partial charge in [-0.05, 0) is 5.56 Å². The zero-order valence-electron chi connectivity index (χ0n) is 11.0. The molecule has 1 aromatic rings. The van der Waals surface area contributed by atoms with Crippen LogP contribution in [0.25, 0.3) is 0 Å². The van der Waals surface area contributed by atoms with Gasteiger partial charge in [-0.3, -0.25) is 14.5 Å². The molecule has 0 heterocycles. The first kappa shape index (κ1) is 14.0. The van der Waals surface area contributed by atoms with E-state index in [-0.39, 0.29) is 18.2 Å². The molecule has 96 valence electrons. The predicted octanol–water partition coefficient (Wildman–Crippen LogP) is 1.29. The minimum absolute atomic E-state index is 0.213. The second kappa shape index (κ2) is 6.59. The summed E-state index contributed by atoms with van der Waals surface area (Å²) >= 11 is 0. The van der Waals surface area contributed by atoms with Crippen molar-refractivity contribution in [2.75, 3.05) is 21.1 Å². The second-order valence-corrected chi connectivity index (χ2v) is 4.23. The summed E-state index contributed by atoms with van der Waals surface area (Å²) in [5.74, 6) is -0.528. The smallest absolute Gasteiger partial charge is 0.254 e. The van der Waals surface area contributed by atoms with Crippen LogP contribution in [0.4, 0.5) is 0 Å². The summed E-state index contributed by atoms with van der Waals surface area (Å²) in [5.41, 5.74) is 0.902. The molecule has 0 bridgehead atoms. The molecule has 2 amide bonds. The Morgan fingerprint density at radius 2 is 1.72 bits per heavy atom. The third kappa shape index (κ3) is 4.41. The number of hydrogen-bond donors (Lipinski definition) is 0. The van der Waals surface area contributed by atoms with Gasteiger partial charge in [0.25, 0.3) is 5.91 Å². The molecule has 0 radical (unpaired) electrons. The maximum absolute atomic E-state index is 11.9. The van der Waals surface area contributed by atoms with Crippen LogP contribution in [0.3, 0.4) is 0 Å². The number of carbonyl (C=O) groups excluding carboxylic acids is 2. The molecule has 0 aliphatic heterocycles. The van der Waals surface area contributed by atoms with E-state index >= 15 is 0 Å². The molecule has 0 aliphatic carbocycles. The SMILES string of the molecule is CN(C)C=CC(=O)N(C)C(=O)Cc1ccccc1. The van der Waals surface area contributed by atoms with Crippen molar-refractivity contribution in [3.05, 3.63) is 48.2 Å². The van der Waals surface area contributed by atoms with Crippen LogP contribution in [0.15, 0.2) is 42.6 Å². The number of rotatable bonds is 4. The third-order valence-corrected chi connectivity index (χ3v) is 2.42. The standard InChI is InChI=1S/C14H18N2O2/c1-15(2)10-9-13(17)16(3)14(18)11-12-7-5-4-6-8-12/h4-10H,11H2,1-3H3. The Morgan fingerprint density at radius 3 is 2.28 bits per heavy atom. The molecule has 0 saturated carbocycles. The molecule has 4 nitrogen and oxygen atoms in total. The van der Waals surface area contributed by atoms with E-state index in [2.05, 4.69) is 0 Å². The Hall–Kier alpha value is -2.10. The van der Waals surface area contributed by atoms with Crippen molar-refractivity contribution < 1.29 is 9.59 Å². The normalized spacial score (nSPS) is 10.4. The lowest BCUT2D eigenvalue weighted by Gasteiger charge is -2.13. The Morgan fingerprint density at radius 1 is 1.11 bits per heavy atom. The highest BCUT2D eigenvalue weighted by molar-refractivity contribution is 6.01. The number of carbonyl (C=O) groups is 2. The van der Waals surface area contributed by atoms with E-state index in [0.717, 1.165) is 10.5 Å². The van der Waals surface area contributed by atoms with E-state index in [9.17, 15) is 9.59 Å². The van der Waals surface area contributed by atoms with E-state index < -0.39 is 0 Å². The minimum atomic E-state index is -0.315. The summed E-state index contributed by atoms with van der Waals surface area (Å²) < 4.78 is 0. The fourth-order valence-corrected chi connectivity index (χ4v) is 1.34. The Balaban J connectivity index is 2.59. The van der Waals surface area contributed by atoms with Gasteiger partial charge in [0.1, 0.15) is 0 Å². The number of hydrogen-bond acceptors (Lipinski definition) is 3. The largest absolute Gasteiger partial charge is 0.383 e. The van der Waals surface area contributed by atoms with Crippen molar-refractivity contribution in [3.8, 4) is 0 Å². The average molecular weight is 246 g/mol. The lowest BCUT2D eigenvalue weighted by atomic mass is 10.1. The van der Waals surface area contributed by atoms with Crippen LogP contribution in [0.5, 0.6) is 0 Å². The topological polar surface area (TPSA) is 40.6 Å². The van der Waals surface area contributed by atoms with Gasteiger partial charge in [-0.15, -0.1) is 0 Å². The molecular weight excluding hydrogens is 228 g/mol. The Kier molecular flexibility index (Phi) is 5.11. The van der Waals surface area contributed by atoms with Crippen molar-refractivity contribution >= 4 is 11.8 Å². The lowest BCUT2D eigenvalue weighted by molar-refractivity contribution is -0.139. The number of amides is 2. The van der Waals surface area contributed by atoms with Crippen molar-refractivity contribution in [3.63, 3.8) is 0 Å². The minimum Gasteiger partial charge on any atom is -0.383 e. The molecule has 0 saturated heterocycles. The Bertz CT molecular complexity index is 438. The molecule has 1 rings (SSSR count). The summed E-state index contributed by atoms with van der Waals surface area (Å²) in [6.07, 6.45) is 3.23. The number of likely N-dealkylation sites (N-methyl/N-ethyl adjacent to an activating group) is 1. The molecule has 0 aromatic heterocycles.